The summed E-state index contributed by atoms with van der Waals surface area (Å²) in [7, 11) is 0. The molecule has 0 bridgehead atoms. The van der Waals surface area contributed by atoms with E-state index in [4.69, 9.17) is 0 Å². The highest BCUT2D eigenvalue weighted by atomic mass is 15.4. The van der Waals surface area contributed by atoms with Gasteiger partial charge in [0.1, 0.15) is 0 Å². The summed E-state index contributed by atoms with van der Waals surface area (Å²) in [5.41, 5.74) is 1.67. The average Bonchev–Trinajstić information content (AvgIpc) is 2.95. The minimum atomic E-state index is 0.305. The predicted octanol–water partition coefficient (Wildman–Crippen LogP) is 3.44. The van der Waals surface area contributed by atoms with Gasteiger partial charge in [-0.25, -0.2) is 0 Å². The van der Waals surface area contributed by atoms with Crippen molar-refractivity contribution in [3.05, 3.63) is 48.3 Å². The van der Waals surface area contributed by atoms with Crippen LogP contribution in [0.1, 0.15) is 45.2 Å². The number of aromatic nitrogens is 3. The van der Waals surface area contributed by atoms with Gasteiger partial charge in [-0.2, -0.15) is 0 Å². The summed E-state index contributed by atoms with van der Waals surface area (Å²) in [6.45, 7) is 8.76. The van der Waals surface area contributed by atoms with Crippen molar-refractivity contribution in [3.8, 4) is 0 Å². The van der Waals surface area contributed by atoms with Crippen LogP contribution in [0.4, 0.5) is 0 Å². The highest BCUT2D eigenvalue weighted by molar-refractivity contribution is 5.19. The molecule has 0 aliphatic rings. The summed E-state index contributed by atoms with van der Waals surface area (Å²) in [6.07, 6.45) is 5.81. The van der Waals surface area contributed by atoms with Crippen LogP contribution in [0, 0.1) is 5.41 Å². The Labute approximate surface area is 127 Å². The van der Waals surface area contributed by atoms with E-state index in [1.807, 2.05) is 10.9 Å². The van der Waals surface area contributed by atoms with Crippen LogP contribution >= 0.6 is 0 Å². The molecule has 0 fully saturated rings. The predicted molar refractivity (Wildman–Crippen MR) is 85.9 cm³/mol. The zero-order valence-electron chi connectivity index (χ0n) is 13.3. The molecular weight excluding hydrogens is 260 g/mol. The second kappa shape index (κ2) is 7.36. The fraction of sp³-hybridized carbons (Fsp3) is 0.529. The molecule has 21 heavy (non-hydrogen) atoms. The molecule has 4 nitrogen and oxygen atoms in total. The first-order valence-electron chi connectivity index (χ1n) is 7.67. The maximum absolute atomic E-state index is 3.99. The van der Waals surface area contributed by atoms with Crippen molar-refractivity contribution >= 4 is 0 Å². The van der Waals surface area contributed by atoms with Crippen molar-refractivity contribution in [1.29, 1.82) is 0 Å². The summed E-state index contributed by atoms with van der Waals surface area (Å²) < 4.78 is 1.88. The van der Waals surface area contributed by atoms with E-state index in [2.05, 4.69) is 66.7 Å². The molecule has 1 atom stereocenters. The molecular formula is C17H26N4. The number of hydrogen-bond donors (Lipinski definition) is 1. The maximum Gasteiger partial charge on any atom is 0.0692 e. The van der Waals surface area contributed by atoms with E-state index >= 15 is 0 Å². The van der Waals surface area contributed by atoms with E-state index in [0.717, 1.165) is 25.9 Å². The molecule has 2 aromatic rings. The second-order valence-corrected chi connectivity index (χ2v) is 6.70. The smallest absolute Gasteiger partial charge is 0.0692 e. The van der Waals surface area contributed by atoms with Gasteiger partial charge in [-0.3, -0.25) is 4.68 Å². The zero-order chi connectivity index (χ0) is 15.1. The lowest BCUT2D eigenvalue weighted by molar-refractivity contribution is 0.309. The summed E-state index contributed by atoms with van der Waals surface area (Å²) in [5.74, 6) is 0. The average molecular weight is 286 g/mol. The molecule has 4 heteroatoms. The van der Waals surface area contributed by atoms with Gasteiger partial charge in [0.25, 0.3) is 0 Å². The molecule has 1 unspecified atom stereocenters. The third-order valence-corrected chi connectivity index (χ3v) is 3.45. The van der Waals surface area contributed by atoms with E-state index in [-0.39, 0.29) is 0 Å². The van der Waals surface area contributed by atoms with Gasteiger partial charge in [0.15, 0.2) is 0 Å². The molecule has 1 aromatic carbocycles. The maximum atomic E-state index is 3.99. The SMILES string of the molecule is CC(C)(C)CC(NCCCn1ccnn1)c1ccccc1. The summed E-state index contributed by atoms with van der Waals surface area (Å²) in [5, 5.41) is 11.5. The fourth-order valence-corrected chi connectivity index (χ4v) is 2.47. The minimum Gasteiger partial charge on any atom is -0.310 e. The van der Waals surface area contributed by atoms with Gasteiger partial charge in [-0.05, 0) is 30.4 Å². The molecule has 1 N–H and O–H groups in total. The van der Waals surface area contributed by atoms with E-state index in [9.17, 15) is 0 Å². The molecule has 1 heterocycles. The van der Waals surface area contributed by atoms with Crippen LogP contribution in [0.3, 0.4) is 0 Å². The standard InChI is InChI=1S/C17H26N4/c1-17(2,3)14-16(15-8-5-4-6-9-15)18-10-7-12-21-13-11-19-20-21/h4-6,8-9,11,13,16,18H,7,10,12,14H2,1-3H3. The molecule has 0 saturated heterocycles. The van der Waals surface area contributed by atoms with Gasteiger partial charge in [-0.15, -0.1) is 5.10 Å². The molecule has 0 amide bonds. The van der Waals surface area contributed by atoms with Crippen LogP contribution in [0.5, 0.6) is 0 Å². The normalized spacial score (nSPS) is 13.3. The number of aryl methyl sites for hydroxylation is 1. The van der Waals surface area contributed by atoms with Gasteiger partial charge in [0.05, 0.1) is 6.20 Å². The minimum absolute atomic E-state index is 0.305. The van der Waals surface area contributed by atoms with Crippen molar-refractivity contribution in [1.82, 2.24) is 20.3 Å². The number of nitrogens with one attached hydrogen (secondary N) is 1. The highest BCUT2D eigenvalue weighted by Crippen LogP contribution is 2.29. The van der Waals surface area contributed by atoms with E-state index in [1.165, 1.54) is 5.56 Å². The number of rotatable bonds is 7. The molecule has 114 valence electrons. The van der Waals surface area contributed by atoms with Gasteiger partial charge in [0, 0.05) is 18.8 Å². The van der Waals surface area contributed by atoms with Crippen LogP contribution in [-0.4, -0.2) is 21.5 Å². The van der Waals surface area contributed by atoms with Crippen molar-refractivity contribution in [2.75, 3.05) is 6.54 Å². The lowest BCUT2D eigenvalue weighted by atomic mass is 9.85. The Hall–Kier alpha value is -1.68. The first kappa shape index (κ1) is 15.7. The molecule has 0 spiro atoms. The number of benzene rings is 1. The van der Waals surface area contributed by atoms with Crippen molar-refractivity contribution < 1.29 is 0 Å². The lowest BCUT2D eigenvalue weighted by Gasteiger charge is -2.27. The molecule has 1 aromatic heterocycles. The Morgan fingerprint density at radius 3 is 2.57 bits per heavy atom. The first-order valence-corrected chi connectivity index (χ1v) is 7.67. The van der Waals surface area contributed by atoms with E-state index in [0.29, 0.717) is 11.5 Å². The van der Waals surface area contributed by atoms with Gasteiger partial charge in [0.2, 0.25) is 0 Å². The Balaban J connectivity index is 1.87. The number of nitrogens with zero attached hydrogens (tertiary/aromatic N) is 3. The summed E-state index contributed by atoms with van der Waals surface area (Å²) in [6, 6.07) is 11.1. The number of hydrogen-bond acceptors (Lipinski definition) is 3. The zero-order valence-corrected chi connectivity index (χ0v) is 13.3. The third-order valence-electron chi connectivity index (χ3n) is 3.45. The van der Waals surface area contributed by atoms with Crippen LogP contribution in [0.2, 0.25) is 0 Å². The molecule has 0 saturated carbocycles. The van der Waals surface area contributed by atoms with Crippen LogP contribution in [0.15, 0.2) is 42.7 Å². The topological polar surface area (TPSA) is 42.7 Å². The van der Waals surface area contributed by atoms with Crippen LogP contribution in [-0.2, 0) is 6.54 Å². The van der Waals surface area contributed by atoms with Gasteiger partial charge < -0.3 is 5.32 Å². The van der Waals surface area contributed by atoms with Crippen molar-refractivity contribution in [3.63, 3.8) is 0 Å². The largest absolute Gasteiger partial charge is 0.310 e. The van der Waals surface area contributed by atoms with Gasteiger partial charge >= 0.3 is 0 Å². The monoisotopic (exact) mass is 286 g/mol. The fourth-order valence-electron chi connectivity index (χ4n) is 2.47. The Kier molecular flexibility index (Phi) is 5.51. The molecule has 2 rings (SSSR count). The second-order valence-electron chi connectivity index (χ2n) is 6.70. The Morgan fingerprint density at radius 1 is 1.19 bits per heavy atom. The Bertz CT molecular complexity index is 499. The van der Waals surface area contributed by atoms with Crippen LogP contribution < -0.4 is 5.32 Å². The third kappa shape index (κ3) is 5.68. The van der Waals surface area contributed by atoms with Gasteiger partial charge in [-0.1, -0.05) is 56.3 Å². The molecule has 0 aliphatic carbocycles. The summed E-state index contributed by atoms with van der Waals surface area (Å²) in [4.78, 5) is 0. The molecule has 0 aliphatic heterocycles. The quantitative estimate of drug-likeness (QED) is 0.793. The van der Waals surface area contributed by atoms with Crippen molar-refractivity contribution in [2.45, 2.75) is 46.2 Å². The highest BCUT2D eigenvalue weighted by Gasteiger charge is 2.19. The van der Waals surface area contributed by atoms with E-state index < -0.39 is 0 Å². The van der Waals surface area contributed by atoms with Crippen LogP contribution in [0.25, 0.3) is 0 Å². The van der Waals surface area contributed by atoms with E-state index in [1.54, 1.807) is 6.20 Å². The van der Waals surface area contributed by atoms with Crippen molar-refractivity contribution in [2.24, 2.45) is 5.41 Å². The first-order chi connectivity index (χ1) is 10.0. The lowest BCUT2D eigenvalue weighted by Crippen LogP contribution is -2.27. The molecule has 0 radical (unpaired) electrons. The Morgan fingerprint density at radius 2 is 1.95 bits per heavy atom. The summed E-state index contributed by atoms with van der Waals surface area (Å²) >= 11 is 0.